The Morgan fingerprint density at radius 2 is 1.18 bits per heavy atom. The van der Waals surface area contributed by atoms with Crippen LogP contribution >= 0.6 is 22.7 Å². The minimum absolute atomic E-state index is 0.0215. The van der Waals surface area contributed by atoms with Crippen LogP contribution in [0.25, 0.3) is 74.5 Å². The summed E-state index contributed by atoms with van der Waals surface area (Å²) in [5.41, 5.74) is 23.4. The summed E-state index contributed by atoms with van der Waals surface area (Å²) in [7, 11) is 0. The van der Waals surface area contributed by atoms with E-state index in [0.717, 1.165) is 34.8 Å². The molecule has 0 atom stereocenters. The lowest BCUT2D eigenvalue weighted by Crippen LogP contribution is -2.60. The fraction of sp³-hybridized carbons (Fsp3) is 0.296. The molecule has 0 fully saturated rings. The van der Waals surface area contributed by atoms with Crippen molar-refractivity contribution in [1.29, 1.82) is 0 Å². The molecule has 0 amide bonds. The van der Waals surface area contributed by atoms with Crippen LogP contribution < -0.4 is 20.0 Å². The van der Waals surface area contributed by atoms with E-state index in [9.17, 15) is 0 Å². The molecule has 2 aliphatic heterocycles. The number of unbranched alkanes of at least 4 members (excludes halogenated alkanes) is 1. The maximum absolute atomic E-state index is 7.35. The van der Waals surface area contributed by atoms with Crippen molar-refractivity contribution in [2.24, 2.45) is 0 Å². The number of thiophene rings is 2. The van der Waals surface area contributed by atoms with E-state index in [1.807, 2.05) is 22.7 Å². The highest BCUT2D eigenvalue weighted by atomic mass is 32.1. The van der Waals surface area contributed by atoms with Gasteiger partial charge < -0.3 is 14.1 Å². The lowest BCUT2D eigenvalue weighted by molar-refractivity contribution is 0.332. The SMILES string of the molecule is CCCCc1ccc(N2B3c4sc5ccc(-c6ccccc6)cc5c4N(c4cc5c(cc4C)C(C)(C)CCC5(C)C)c4cc5c(oc6ccccc65)c(c43)-c3cc4c(cc32)sc2cc3c(cc24)C(C)(C)CCC3(C)C)cc1. The number of hydrogen-bond acceptors (Lipinski definition) is 5. The molecule has 0 spiro atoms. The van der Waals surface area contributed by atoms with Crippen molar-refractivity contribution in [3.05, 3.63) is 173 Å². The van der Waals surface area contributed by atoms with Gasteiger partial charge in [0.2, 0.25) is 0 Å². The van der Waals surface area contributed by atoms with Crippen LogP contribution in [-0.2, 0) is 28.1 Å². The number of fused-ring (bicyclic) bond motifs is 15. The Bertz CT molecular complexity index is 4300. The van der Waals surface area contributed by atoms with Crippen molar-refractivity contribution in [1.82, 2.24) is 0 Å². The summed E-state index contributed by atoms with van der Waals surface area (Å²) >= 11 is 3.96. The van der Waals surface area contributed by atoms with Gasteiger partial charge in [0.25, 0.3) is 0 Å². The van der Waals surface area contributed by atoms with Gasteiger partial charge in [0, 0.05) is 79.7 Å². The van der Waals surface area contributed by atoms with E-state index in [1.54, 1.807) is 0 Å². The zero-order chi connectivity index (χ0) is 52.7. The van der Waals surface area contributed by atoms with E-state index < -0.39 is 0 Å². The van der Waals surface area contributed by atoms with E-state index in [-0.39, 0.29) is 28.5 Å². The molecule has 0 bridgehead atoms. The first-order valence-corrected chi connectivity index (χ1v) is 30.1. The summed E-state index contributed by atoms with van der Waals surface area (Å²) in [5.74, 6) is 0. The van der Waals surface area contributed by atoms with Crippen LogP contribution in [0.15, 0.2) is 144 Å². The van der Waals surface area contributed by atoms with Crippen LogP contribution in [0.5, 0.6) is 0 Å². The van der Waals surface area contributed by atoms with Crippen LogP contribution in [0, 0.1) is 6.92 Å². The highest BCUT2D eigenvalue weighted by molar-refractivity contribution is 7.32. The zero-order valence-corrected chi connectivity index (χ0v) is 48.1. The van der Waals surface area contributed by atoms with Crippen LogP contribution in [0.3, 0.4) is 0 Å². The summed E-state index contributed by atoms with van der Waals surface area (Å²) < 4.78 is 12.7. The van der Waals surface area contributed by atoms with E-state index in [4.69, 9.17) is 4.42 Å². The molecule has 11 aromatic rings. The first-order valence-electron chi connectivity index (χ1n) is 28.5. The number of nitrogens with zero attached hydrogens (tertiary/aromatic N) is 2. The van der Waals surface area contributed by atoms with Crippen LogP contribution in [0.4, 0.5) is 28.4 Å². The molecular weight excluding hydrogens is 972 g/mol. The molecule has 0 saturated carbocycles. The molecule has 4 aliphatic rings. The number of para-hydroxylation sites is 1. The van der Waals surface area contributed by atoms with Gasteiger partial charge in [-0.15, -0.1) is 22.7 Å². The van der Waals surface area contributed by atoms with Crippen LogP contribution in [0.1, 0.15) is 134 Å². The van der Waals surface area contributed by atoms with E-state index in [2.05, 4.69) is 218 Å². The Morgan fingerprint density at radius 1 is 0.532 bits per heavy atom. The van der Waals surface area contributed by atoms with Gasteiger partial charge in [-0.1, -0.05) is 142 Å². The normalized spacial score (nSPS) is 17.5. The lowest BCUT2D eigenvalue weighted by atomic mass is 9.46. The Hall–Kier alpha value is -6.60. The van der Waals surface area contributed by atoms with Crippen molar-refractivity contribution in [3.63, 3.8) is 0 Å². The van der Waals surface area contributed by atoms with Gasteiger partial charge in [-0.3, -0.25) is 0 Å². The second-order valence-electron chi connectivity index (χ2n) is 26.0. The predicted molar refractivity (Wildman–Crippen MR) is 335 cm³/mol. The smallest absolute Gasteiger partial charge is 0.343 e. The van der Waals surface area contributed by atoms with Crippen LogP contribution in [0.2, 0.25) is 0 Å². The molecule has 0 saturated heterocycles. The Morgan fingerprint density at radius 3 is 1.91 bits per heavy atom. The third kappa shape index (κ3) is 6.92. The summed E-state index contributed by atoms with van der Waals surface area (Å²) in [5, 5.41) is 6.31. The third-order valence-corrected chi connectivity index (χ3v) is 21.6. The Kier molecular flexibility index (Phi) is 10.2. The largest absolute Gasteiger partial charge is 0.455 e. The summed E-state index contributed by atoms with van der Waals surface area (Å²) in [6.07, 6.45) is 8.16. The number of benzene rings is 8. The fourth-order valence-electron chi connectivity index (χ4n) is 14.5. The summed E-state index contributed by atoms with van der Waals surface area (Å²) in [6.45, 7) is 24.2. The number of furan rings is 1. The predicted octanol–water partition coefficient (Wildman–Crippen LogP) is 19.9. The second-order valence-corrected chi connectivity index (χ2v) is 28.2. The first-order chi connectivity index (χ1) is 37.0. The summed E-state index contributed by atoms with van der Waals surface area (Å²) in [4.78, 5) is 5.48. The van der Waals surface area contributed by atoms with Crippen molar-refractivity contribution < 1.29 is 4.42 Å². The molecule has 0 N–H and O–H groups in total. The highest BCUT2D eigenvalue weighted by Gasteiger charge is 2.50. The Labute approximate surface area is 462 Å². The van der Waals surface area contributed by atoms with Gasteiger partial charge in [-0.05, 0) is 184 Å². The molecule has 0 unspecified atom stereocenters. The van der Waals surface area contributed by atoms with Gasteiger partial charge in [-0.25, -0.2) is 0 Å². The van der Waals surface area contributed by atoms with Gasteiger partial charge in [0.1, 0.15) is 11.2 Å². The van der Waals surface area contributed by atoms with Crippen LogP contribution in [-0.4, -0.2) is 6.85 Å². The molecule has 3 nitrogen and oxygen atoms in total. The maximum atomic E-state index is 7.35. The zero-order valence-electron chi connectivity index (χ0n) is 46.4. The topological polar surface area (TPSA) is 19.6 Å². The van der Waals surface area contributed by atoms with E-state index in [1.165, 1.54) is 157 Å². The number of hydrogen-bond donors (Lipinski definition) is 0. The first kappa shape index (κ1) is 47.6. The molecule has 2 aliphatic carbocycles. The standard InChI is InChI=1S/C71H67BN2OS2/c1-11-12-18-42-23-26-45(27-24-42)74-57-40-62-47(48-36-53-55(39-61(48)76-62)71(9,10)32-30-69(53,5)6)35-50(57)63-64-58(37-49-46-21-16-17-22-59(46)75-66(49)63)73(56-38-54-52(33-41(56)2)68(3,4)29-31-70(54,7)8)65-51-34-44(43-19-14-13-15-20-43)25-28-60(51)77-67(65)72(64)74/h13-17,19-28,33-40H,11-12,18,29-32H2,1-10H3. The third-order valence-electron chi connectivity index (χ3n) is 19.3. The van der Waals surface area contributed by atoms with Gasteiger partial charge >= 0.3 is 6.85 Å². The van der Waals surface area contributed by atoms with Crippen molar-refractivity contribution in [2.45, 2.75) is 136 Å². The molecule has 5 heterocycles. The molecule has 77 heavy (non-hydrogen) atoms. The van der Waals surface area contributed by atoms with Gasteiger partial charge in [-0.2, -0.15) is 0 Å². The number of aryl methyl sites for hydroxylation is 2. The van der Waals surface area contributed by atoms with Crippen molar-refractivity contribution in [2.75, 3.05) is 9.71 Å². The molecule has 3 aromatic heterocycles. The summed E-state index contributed by atoms with van der Waals surface area (Å²) in [6, 6.07) is 54.7. The number of rotatable bonds is 6. The number of anilines is 5. The molecule has 15 rings (SSSR count). The highest BCUT2D eigenvalue weighted by Crippen LogP contribution is 2.57. The van der Waals surface area contributed by atoms with Gasteiger partial charge in [0.15, 0.2) is 0 Å². The fourth-order valence-corrected chi connectivity index (χ4v) is 16.9. The second kappa shape index (κ2) is 16.5. The Balaban J connectivity index is 1.10. The van der Waals surface area contributed by atoms with Crippen molar-refractivity contribution >= 4 is 120 Å². The lowest BCUT2D eigenvalue weighted by Gasteiger charge is -2.46. The molecule has 0 radical (unpaired) electrons. The minimum atomic E-state index is -0.149. The molecule has 6 heteroatoms. The van der Waals surface area contributed by atoms with E-state index >= 15 is 0 Å². The van der Waals surface area contributed by atoms with E-state index in [0.29, 0.717) is 0 Å². The molecule has 8 aromatic carbocycles. The maximum Gasteiger partial charge on any atom is 0.343 e. The minimum Gasteiger partial charge on any atom is -0.455 e. The average molecular weight is 1040 g/mol. The average Bonchev–Trinajstić information content (AvgIpc) is 4.21. The van der Waals surface area contributed by atoms with Crippen molar-refractivity contribution in [3.8, 4) is 22.3 Å². The molecule has 382 valence electrons. The monoisotopic (exact) mass is 1040 g/mol. The quantitative estimate of drug-likeness (QED) is 0.155. The molecular formula is C71H67BN2OS2. The van der Waals surface area contributed by atoms with Gasteiger partial charge in [0.05, 0.1) is 5.69 Å².